The highest BCUT2D eigenvalue weighted by Gasteiger charge is 2.24. The second-order valence-corrected chi connectivity index (χ2v) is 7.50. The van der Waals surface area contributed by atoms with Crippen LogP contribution in [0.15, 0.2) is 41.0 Å². The number of benzene rings is 2. The summed E-state index contributed by atoms with van der Waals surface area (Å²) in [7, 11) is 1.50. The number of methoxy groups -OCH3 is 1. The Balaban J connectivity index is 1.28. The molecule has 0 N–H and O–H groups in total. The molecule has 1 amide bonds. The van der Waals surface area contributed by atoms with Gasteiger partial charge in [0.2, 0.25) is 5.91 Å². The van der Waals surface area contributed by atoms with Crippen molar-refractivity contribution in [3.63, 3.8) is 0 Å². The van der Waals surface area contributed by atoms with E-state index in [4.69, 9.17) is 9.37 Å². The minimum absolute atomic E-state index is 0.00311. The lowest BCUT2D eigenvalue weighted by atomic mass is 10.1. The average molecular weight is 425 g/mol. The fourth-order valence-corrected chi connectivity index (χ4v) is 3.76. The van der Waals surface area contributed by atoms with Gasteiger partial charge in [0.1, 0.15) is 16.8 Å². The summed E-state index contributed by atoms with van der Waals surface area (Å²) in [6.07, 6.45) is 1.40. The molecule has 4 rings (SSSR count). The van der Waals surface area contributed by atoms with Gasteiger partial charge in [-0.1, -0.05) is 6.07 Å². The number of carbonyl (C=O) groups excluding carboxylic acids is 1. The topological polar surface area (TPSA) is 115 Å². The number of ether oxygens (including phenoxy) is 1. The molecule has 0 aliphatic carbocycles. The highest BCUT2D eigenvalue weighted by molar-refractivity contribution is 5.79. The minimum atomic E-state index is -0.440. The maximum atomic E-state index is 12.6. The van der Waals surface area contributed by atoms with E-state index < -0.39 is 4.92 Å². The predicted molar refractivity (Wildman–Crippen MR) is 112 cm³/mol. The molecule has 1 aliphatic heterocycles. The van der Waals surface area contributed by atoms with E-state index in [1.807, 2.05) is 23.1 Å². The number of non-ortho nitro benzene ring substituents is 1. The lowest BCUT2D eigenvalue weighted by Gasteiger charge is -2.34. The number of nitro groups is 1. The summed E-state index contributed by atoms with van der Waals surface area (Å²) in [4.78, 5) is 27.1. The van der Waals surface area contributed by atoms with Crippen LogP contribution in [0, 0.1) is 10.1 Å². The van der Waals surface area contributed by atoms with Crippen molar-refractivity contribution in [3.05, 3.63) is 57.6 Å². The molecule has 2 aromatic carbocycles. The van der Waals surface area contributed by atoms with E-state index in [2.05, 4.69) is 15.2 Å². The van der Waals surface area contributed by atoms with E-state index in [0.29, 0.717) is 38.3 Å². The molecule has 31 heavy (non-hydrogen) atoms. The van der Waals surface area contributed by atoms with E-state index in [-0.39, 0.29) is 11.6 Å². The molecule has 2 heterocycles. The van der Waals surface area contributed by atoms with E-state index >= 15 is 0 Å². The summed E-state index contributed by atoms with van der Waals surface area (Å²) < 4.78 is 10.0. The number of nitro benzene ring substituents is 1. The molecule has 10 heteroatoms. The number of fused-ring (bicyclic) bond motifs is 1. The van der Waals surface area contributed by atoms with Crippen molar-refractivity contribution in [2.75, 3.05) is 39.8 Å². The van der Waals surface area contributed by atoms with Crippen LogP contribution < -0.4 is 4.74 Å². The third-order valence-electron chi connectivity index (χ3n) is 5.57. The van der Waals surface area contributed by atoms with Crippen molar-refractivity contribution < 1.29 is 19.1 Å². The maximum Gasteiger partial charge on any atom is 0.273 e. The van der Waals surface area contributed by atoms with Gasteiger partial charge >= 0.3 is 0 Å². The van der Waals surface area contributed by atoms with Crippen molar-refractivity contribution in [2.24, 2.45) is 0 Å². The monoisotopic (exact) mass is 425 g/mol. The molecule has 0 atom stereocenters. The number of nitrogens with zero attached hydrogens (tertiary/aromatic N) is 5. The number of rotatable bonds is 8. The van der Waals surface area contributed by atoms with Crippen LogP contribution in [-0.4, -0.2) is 70.8 Å². The van der Waals surface area contributed by atoms with Crippen LogP contribution in [0.2, 0.25) is 0 Å². The van der Waals surface area contributed by atoms with Crippen LogP contribution in [0.5, 0.6) is 5.75 Å². The zero-order chi connectivity index (χ0) is 21.8. The lowest BCUT2D eigenvalue weighted by molar-refractivity contribution is -0.384. The number of amides is 1. The van der Waals surface area contributed by atoms with Gasteiger partial charge in [0, 0.05) is 32.2 Å². The largest absolute Gasteiger partial charge is 0.496 e. The number of hydrogen-bond donors (Lipinski definition) is 0. The molecule has 3 aromatic rings. The summed E-state index contributed by atoms with van der Waals surface area (Å²) in [6.45, 7) is 3.15. The van der Waals surface area contributed by atoms with Crippen LogP contribution in [0.3, 0.4) is 0 Å². The van der Waals surface area contributed by atoms with E-state index in [9.17, 15) is 14.9 Å². The van der Waals surface area contributed by atoms with Crippen LogP contribution in [0.1, 0.15) is 11.1 Å². The number of hydrogen-bond acceptors (Lipinski definition) is 8. The zero-order valence-electron chi connectivity index (χ0n) is 17.2. The fourth-order valence-electron chi connectivity index (χ4n) is 3.76. The third-order valence-corrected chi connectivity index (χ3v) is 5.57. The van der Waals surface area contributed by atoms with Crippen LogP contribution in [0.4, 0.5) is 5.69 Å². The Kier molecular flexibility index (Phi) is 6.08. The fraction of sp³-hybridized carbons (Fsp3) is 0.381. The van der Waals surface area contributed by atoms with Gasteiger partial charge in [0.25, 0.3) is 5.69 Å². The van der Waals surface area contributed by atoms with Crippen molar-refractivity contribution in [3.8, 4) is 5.75 Å². The summed E-state index contributed by atoms with van der Waals surface area (Å²) in [5.41, 5.74) is 3.42. The molecule has 1 aromatic heterocycles. The summed E-state index contributed by atoms with van der Waals surface area (Å²) in [5, 5.41) is 18.6. The Bertz CT molecular complexity index is 1100. The van der Waals surface area contributed by atoms with Gasteiger partial charge in [-0.05, 0) is 52.5 Å². The average Bonchev–Trinajstić information content (AvgIpc) is 3.24. The Morgan fingerprint density at radius 1 is 1.10 bits per heavy atom. The van der Waals surface area contributed by atoms with Crippen molar-refractivity contribution >= 4 is 22.6 Å². The number of aromatic nitrogens is 2. The smallest absolute Gasteiger partial charge is 0.273 e. The van der Waals surface area contributed by atoms with Gasteiger partial charge in [0.15, 0.2) is 0 Å². The second kappa shape index (κ2) is 9.09. The van der Waals surface area contributed by atoms with E-state index in [1.54, 1.807) is 6.07 Å². The van der Waals surface area contributed by atoms with Crippen molar-refractivity contribution in [1.82, 2.24) is 20.1 Å². The number of piperazine rings is 1. The molecule has 0 unspecified atom stereocenters. The standard InChI is InChI=1S/C21H23N5O5/c1-30-20-13-17(26(28)29)4-3-16(20)7-8-24-10-11-25(21(27)14-24)9-6-15-2-5-18-19(12-15)23-31-22-18/h2-5,12-13H,6-11,14H2,1H3. The molecule has 0 radical (unpaired) electrons. The Morgan fingerprint density at radius 3 is 2.71 bits per heavy atom. The predicted octanol–water partition coefficient (Wildman–Crippen LogP) is 2.07. The minimum Gasteiger partial charge on any atom is -0.496 e. The van der Waals surface area contributed by atoms with Gasteiger partial charge in [-0.15, -0.1) is 0 Å². The maximum absolute atomic E-state index is 12.6. The molecular formula is C21H23N5O5. The molecule has 0 spiro atoms. The summed E-state index contributed by atoms with van der Waals surface area (Å²) in [6, 6.07) is 10.4. The van der Waals surface area contributed by atoms with Gasteiger partial charge in [0.05, 0.1) is 24.6 Å². The van der Waals surface area contributed by atoms with E-state index in [1.165, 1.54) is 19.2 Å². The molecule has 1 aliphatic rings. The first-order valence-electron chi connectivity index (χ1n) is 10.1. The molecule has 1 saturated heterocycles. The Morgan fingerprint density at radius 2 is 1.94 bits per heavy atom. The normalized spacial score (nSPS) is 14.9. The van der Waals surface area contributed by atoms with Crippen LogP contribution in [0.25, 0.3) is 11.0 Å². The molecular weight excluding hydrogens is 402 g/mol. The third kappa shape index (κ3) is 4.80. The molecule has 1 fully saturated rings. The number of carbonyl (C=O) groups is 1. The molecule has 0 bridgehead atoms. The highest BCUT2D eigenvalue weighted by atomic mass is 16.6. The highest BCUT2D eigenvalue weighted by Crippen LogP contribution is 2.25. The molecule has 162 valence electrons. The second-order valence-electron chi connectivity index (χ2n) is 7.50. The van der Waals surface area contributed by atoms with Gasteiger partial charge in [-0.3, -0.25) is 19.8 Å². The SMILES string of the molecule is COc1cc([N+](=O)[O-])ccc1CCN1CCN(CCc2ccc3nonc3c2)C(=O)C1. The lowest BCUT2D eigenvalue weighted by Crippen LogP contribution is -2.51. The quantitative estimate of drug-likeness (QED) is 0.398. The first-order valence-corrected chi connectivity index (χ1v) is 10.1. The Labute approximate surface area is 178 Å². The Hall–Kier alpha value is -3.53. The summed E-state index contributed by atoms with van der Waals surface area (Å²) >= 11 is 0. The van der Waals surface area contributed by atoms with Crippen molar-refractivity contribution in [2.45, 2.75) is 12.8 Å². The van der Waals surface area contributed by atoms with E-state index in [0.717, 1.165) is 35.1 Å². The first kappa shape index (κ1) is 20.7. The first-order chi connectivity index (χ1) is 15.0. The molecule has 10 nitrogen and oxygen atoms in total. The summed E-state index contributed by atoms with van der Waals surface area (Å²) in [5.74, 6) is 0.601. The van der Waals surface area contributed by atoms with Gasteiger partial charge < -0.3 is 9.64 Å². The zero-order valence-corrected chi connectivity index (χ0v) is 17.2. The van der Waals surface area contributed by atoms with Crippen LogP contribution >= 0.6 is 0 Å². The van der Waals surface area contributed by atoms with Crippen molar-refractivity contribution in [1.29, 1.82) is 0 Å². The molecule has 0 saturated carbocycles. The van der Waals surface area contributed by atoms with Gasteiger partial charge in [-0.25, -0.2) is 4.63 Å². The van der Waals surface area contributed by atoms with Gasteiger partial charge in [-0.2, -0.15) is 0 Å². The van der Waals surface area contributed by atoms with Crippen LogP contribution in [-0.2, 0) is 17.6 Å².